The Morgan fingerprint density at radius 2 is 1.81 bits per heavy atom. The van der Waals surface area contributed by atoms with E-state index in [1.807, 2.05) is 18.2 Å². The van der Waals surface area contributed by atoms with Crippen molar-refractivity contribution in [2.75, 3.05) is 0 Å². The van der Waals surface area contributed by atoms with Gasteiger partial charge in [-0.1, -0.05) is 22.2 Å². The smallest absolute Gasteiger partial charge is 0.359 e. The van der Waals surface area contributed by atoms with Gasteiger partial charge in [-0.2, -0.15) is 5.10 Å². The lowest BCUT2D eigenvalue weighted by Crippen LogP contribution is -1.99. The van der Waals surface area contributed by atoms with Gasteiger partial charge in [0.05, 0.1) is 11.7 Å². The van der Waals surface area contributed by atoms with E-state index in [-0.39, 0.29) is 11.6 Å². The number of rotatable bonds is 3. The van der Waals surface area contributed by atoms with Crippen LogP contribution in [0.3, 0.4) is 0 Å². The second kappa shape index (κ2) is 6.41. The fourth-order valence-corrected chi connectivity index (χ4v) is 2.31. The SMILES string of the molecule is O=C(O)c1[nH]nnc1Oc1ccc(C#Cc2ccc3[nH]ncc3c2)cc1. The Bertz CT molecular complexity index is 1150. The van der Waals surface area contributed by atoms with Crippen LogP contribution in [0.15, 0.2) is 48.7 Å². The summed E-state index contributed by atoms with van der Waals surface area (Å²) in [6.45, 7) is 0. The zero-order valence-electron chi connectivity index (χ0n) is 13.2. The molecule has 0 saturated carbocycles. The summed E-state index contributed by atoms with van der Waals surface area (Å²) in [7, 11) is 0. The molecule has 4 rings (SSSR count). The first-order valence-corrected chi connectivity index (χ1v) is 7.56. The third-order valence-electron chi connectivity index (χ3n) is 3.59. The molecule has 126 valence electrons. The average Bonchev–Trinajstić information content (AvgIpc) is 3.29. The van der Waals surface area contributed by atoms with E-state index in [2.05, 4.69) is 37.4 Å². The highest BCUT2D eigenvalue weighted by Crippen LogP contribution is 2.21. The first kappa shape index (κ1) is 15.4. The standard InChI is InChI=1S/C18H11N5O3/c24-18(25)16-17(22-23-21-16)26-14-6-3-11(4-7-14)1-2-12-5-8-15-13(9-12)10-19-20-15/h3-10H,(H,19,20)(H,24,25)(H,21,22,23). The Kier molecular flexibility index (Phi) is 3.80. The zero-order valence-corrected chi connectivity index (χ0v) is 13.2. The maximum atomic E-state index is 11.0. The number of aromatic amines is 2. The minimum atomic E-state index is -1.19. The Balaban J connectivity index is 1.51. The number of hydrogen-bond donors (Lipinski definition) is 3. The molecule has 3 N–H and O–H groups in total. The number of aromatic carboxylic acids is 1. The van der Waals surface area contributed by atoms with Gasteiger partial charge in [0, 0.05) is 16.5 Å². The maximum absolute atomic E-state index is 11.0. The number of hydrogen-bond acceptors (Lipinski definition) is 5. The molecule has 0 radical (unpaired) electrons. The summed E-state index contributed by atoms with van der Waals surface area (Å²) < 4.78 is 5.42. The van der Waals surface area contributed by atoms with Crippen molar-refractivity contribution >= 4 is 16.9 Å². The molecular weight excluding hydrogens is 334 g/mol. The predicted octanol–water partition coefficient (Wildman–Crippen LogP) is 2.57. The summed E-state index contributed by atoms with van der Waals surface area (Å²) in [5.41, 5.74) is 2.44. The molecule has 26 heavy (non-hydrogen) atoms. The summed E-state index contributed by atoms with van der Waals surface area (Å²) in [6, 6.07) is 12.7. The highest BCUT2D eigenvalue weighted by Gasteiger charge is 2.16. The summed E-state index contributed by atoms with van der Waals surface area (Å²) in [5, 5.41) is 26.2. The molecule has 2 aromatic carbocycles. The van der Waals surface area contributed by atoms with Crippen LogP contribution in [0.5, 0.6) is 11.6 Å². The molecule has 0 amide bonds. The largest absolute Gasteiger partial charge is 0.476 e. The Hall–Kier alpha value is -4.12. The Morgan fingerprint density at radius 3 is 2.62 bits per heavy atom. The van der Waals surface area contributed by atoms with Crippen molar-refractivity contribution < 1.29 is 14.6 Å². The van der Waals surface area contributed by atoms with E-state index in [9.17, 15) is 4.79 Å². The minimum absolute atomic E-state index is 0.0928. The third kappa shape index (κ3) is 3.09. The number of ether oxygens (including phenoxy) is 1. The molecule has 0 bridgehead atoms. The molecule has 2 aromatic heterocycles. The van der Waals surface area contributed by atoms with Gasteiger partial charge in [-0.3, -0.25) is 5.10 Å². The van der Waals surface area contributed by atoms with Gasteiger partial charge in [-0.15, -0.1) is 0 Å². The molecule has 0 fully saturated rings. The zero-order chi connectivity index (χ0) is 17.9. The van der Waals surface area contributed by atoms with Crippen LogP contribution in [0.2, 0.25) is 0 Å². The fraction of sp³-hybridized carbons (Fsp3) is 0. The molecule has 0 spiro atoms. The quantitative estimate of drug-likeness (QED) is 0.491. The van der Waals surface area contributed by atoms with Crippen LogP contribution in [0.25, 0.3) is 10.9 Å². The predicted molar refractivity (Wildman–Crippen MR) is 91.9 cm³/mol. The molecule has 4 aromatic rings. The van der Waals surface area contributed by atoms with Gasteiger partial charge >= 0.3 is 5.97 Å². The topological polar surface area (TPSA) is 117 Å². The number of aromatic nitrogens is 5. The highest BCUT2D eigenvalue weighted by atomic mass is 16.5. The third-order valence-corrected chi connectivity index (χ3v) is 3.59. The van der Waals surface area contributed by atoms with Crippen molar-refractivity contribution in [1.82, 2.24) is 25.6 Å². The van der Waals surface area contributed by atoms with Gasteiger partial charge in [0.25, 0.3) is 5.88 Å². The van der Waals surface area contributed by atoms with Crippen LogP contribution >= 0.6 is 0 Å². The van der Waals surface area contributed by atoms with Crippen LogP contribution in [-0.2, 0) is 0 Å². The summed E-state index contributed by atoms with van der Waals surface area (Å²) in [4.78, 5) is 11.0. The first-order valence-electron chi connectivity index (χ1n) is 7.56. The van der Waals surface area contributed by atoms with E-state index in [4.69, 9.17) is 9.84 Å². The normalized spacial score (nSPS) is 10.3. The lowest BCUT2D eigenvalue weighted by Gasteiger charge is -2.02. The molecule has 0 unspecified atom stereocenters. The van der Waals surface area contributed by atoms with Crippen LogP contribution in [0, 0.1) is 11.8 Å². The van der Waals surface area contributed by atoms with Crippen molar-refractivity contribution in [2.45, 2.75) is 0 Å². The molecule has 0 saturated heterocycles. The van der Waals surface area contributed by atoms with Crippen LogP contribution in [-0.4, -0.2) is 36.7 Å². The number of benzene rings is 2. The monoisotopic (exact) mass is 345 g/mol. The van der Waals surface area contributed by atoms with E-state index >= 15 is 0 Å². The van der Waals surface area contributed by atoms with Gasteiger partial charge < -0.3 is 9.84 Å². The maximum Gasteiger partial charge on any atom is 0.359 e. The lowest BCUT2D eigenvalue weighted by molar-refractivity contribution is 0.0687. The molecule has 0 aliphatic carbocycles. The number of carboxylic acids is 1. The summed E-state index contributed by atoms with van der Waals surface area (Å²) in [5.74, 6) is 5.31. The number of fused-ring (bicyclic) bond motifs is 1. The number of nitrogens with one attached hydrogen (secondary N) is 2. The molecular formula is C18H11N5O3. The molecule has 8 nitrogen and oxygen atoms in total. The van der Waals surface area contributed by atoms with Crippen molar-refractivity contribution in [1.29, 1.82) is 0 Å². The van der Waals surface area contributed by atoms with Crippen molar-refractivity contribution in [2.24, 2.45) is 0 Å². The van der Waals surface area contributed by atoms with Gasteiger partial charge in [0.2, 0.25) is 5.69 Å². The van der Waals surface area contributed by atoms with Crippen molar-refractivity contribution in [3.05, 3.63) is 65.5 Å². The van der Waals surface area contributed by atoms with Crippen molar-refractivity contribution in [3.8, 4) is 23.5 Å². The molecule has 8 heteroatoms. The van der Waals surface area contributed by atoms with Crippen LogP contribution in [0.1, 0.15) is 21.6 Å². The summed E-state index contributed by atoms with van der Waals surface area (Å²) in [6.07, 6.45) is 1.75. The molecule has 0 aliphatic heterocycles. The molecule has 0 atom stereocenters. The number of carbonyl (C=O) groups is 1. The van der Waals surface area contributed by atoms with Crippen LogP contribution in [0.4, 0.5) is 0 Å². The van der Waals surface area contributed by atoms with Crippen molar-refractivity contribution in [3.63, 3.8) is 0 Å². The lowest BCUT2D eigenvalue weighted by atomic mass is 10.1. The van der Waals surface area contributed by atoms with Crippen LogP contribution < -0.4 is 4.74 Å². The van der Waals surface area contributed by atoms with E-state index in [1.165, 1.54) is 0 Å². The van der Waals surface area contributed by atoms with E-state index in [1.54, 1.807) is 30.5 Å². The molecule has 2 heterocycles. The molecule has 0 aliphatic rings. The second-order valence-corrected chi connectivity index (χ2v) is 5.35. The first-order chi connectivity index (χ1) is 12.7. The van der Waals surface area contributed by atoms with Gasteiger partial charge in [0.1, 0.15) is 5.75 Å². The average molecular weight is 345 g/mol. The fourth-order valence-electron chi connectivity index (χ4n) is 2.31. The number of carboxylic acid groups (broad SMARTS) is 1. The Labute approximate surface area is 146 Å². The van der Waals surface area contributed by atoms with Gasteiger partial charge in [-0.05, 0) is 42.5 Å². The highest BCUT2D eigenvalue weighted by molar-refractivity contribution is 5.87. The summed E-state index contributed by atoms with van der Waals surface area (Å²) >= 11 is 0. The van der Waals surface area contributed by atoms with Gasteiger partial charge in [0.15, 0.2) is 0 Å². The second-order valence-electron chi connectivity index (χ2n) is 5.35. The van der Waals surface area contributed by atoms with E-state index in [0.29, 0.717) is 5.75 Å². The Morgan fingerprint density at radius 1 is 1.04 bits per heavy atom. The minimum Gasteiger partial charge on any atom is -0.476 e. The number of H-pyrrole nitrogens is 2. The van der Waals surface area contributed by atoms with Gasteiger partial charge in [-0.25, -0.2) is 9.89 Å². The van der Waals surface area contributed by atoms with E-state index < -0.39 is 5.97 Å². The number of nitrogens with zero attached hydrogens (tertiary/aromatic N) is 3. The van der Waals surface area contributed by atoms with E-state index in [0.717, 1.165) is 22.0 Å².